The summed E-state index contributed by atoms with van der Waals surface area (Å²) in [5, 5.41) is 29.1. The molecule has 3 heterocycles. The predicted octanol–water partition coefficient (Wildman–Crippen LogP) is -2.92. The van der Waals surface area contributed by atoms with Gasteiger partial charge in [-0.1, -0.05) is 0 Å². The van der Waals surface area contributed by atoms with Crippen molar-refractivity contribution in [2.45, 2.75) is 24.5 Å². The van der Waals surface area contributed by atoms with Crippen molar-refractivity contribution in [2.24, 2.45) is 5.73 Å². The normalized spacial score (nSPS) is 26.8. The number of ether oxygens (including phenoxy) is 1. The number of anilines is 1. The van der Waals surface area contributed by atoms with Gasteiger partial charge >= 0.3 is 0 Å². The van der Waals surface area contributed by atoms with Gasteiger partial charge < -0.3 is 36.1 Å². The van der Waals surface area contributed by atoms with Gasteiger partial charge in [-0.3, -0.25) is 9.59 Å². The average Bonchev–Trinajstić information content (AvgIpc) is 2.83. The lowest BCUT2D eigenvalue weighted by Crippen LogP contribution is -2.34. The Labute approximate surface area is 134 Å². The molecule has 0 saturated carbocycles. The van der Waals surface area contributed by atoms with Gasteiger partial charge in [0.15, 0.2) is 11.9 Å². The van der Waals surface area contributed by atoms with Crippen molar-refractivity contribution in [1.82, 2.24) is 14.5 Å². The van der Waals surface area contributed by atoms with Crippen molar-refractivity contribution in [3.8, 4) is 0 Å². The molecule has 0 aromatic carbocycles. The molecule has 1 saturated heterocycles. The molecule has 3 rings (SSSR count). The van der Waals surface area contributed by atoms with Gasteiger partial charge in [-0.2, -0.15) is 0 Å². The van der Waals surface area contributed by atoms with Crippen LogP contribution in [0.3, 0.4) is 0 Å². The predicted molar refractivity (Wildman–Crippen MR) is 79.7 cm³/mol. The van der Waals surface area contributed by atoms with Gasteiger partial charge in [-0.05, 0) is 0 Å². The van der Waals surface area contributed by atoms with Crippen LogP contribution in [0.1, 0.15) is 16.6 Å². The van der Waals surface area contributed by atoms with Crippen LogP contribution in [-0.2, 0) is 4.74 Å². The number of aromatic nitrogens is 3. The van der Waals surface area contributed by atoms with E-state index in [1.807, 2.05) is 0 Å². The molecule has 1 amide bonds. The fourth-order valence-corrected chi connectivity index (χ4v) is 2.68. The van der Waals surface area contributed by atoms with Crippen LogP contribution in [0.15, 0.2) is 17.3 Å². The lowest BCUT2D eigenvalue weighted by atomic mass is 10.1. The minimum Gasteiger partial charge on any atom is -0.394 e. The van der Waals surface area contributed by atoms with E-state index >= 15 is 0 Å². The Morgan fingerprint density at radius 2 is 2.04 bits per heavy atom. The third-order valence-electron chi connectivity index (χ3n) is 3.90. The number of nitrogens with two attached hydrogens (primary N) is 2. The second kappa shape index (κ2) is 5.79. The summed E-state index contributed by atoms with van der Waals surface area (Å²) in [6.07, 6.45) is -2.91. The van der Waals surface area contributed by atoms with E-state index < -0.39 is 48.0 Å². The van der Waals surface area contributed by atoms with Crippen molar-refractivity contribution in [2.75, 3.05) is 12.3 Å². The maximum Gasteiger partial charge on any atom is 0.254 e. The summed E-state index contributed by atoms with van der Waals surface area (Å²) >= 11 is 0. The standard InChI is InChI=1S/C13H15N5O6/c14-10-6-7(20)4(11(15)23)1-18(12(6)17-3-16-10)13-9(22)8(21)5(2-19)24-13/h1,3,5,8-9,13,19,21-22H,2H2,(H2,15,23)(H2,14,16,17)/t5-,8+,9-,13-/m1/s1. The van der Waals surface area contributed by atoms with Gasteiger partial charge in [0, 0.05) is 6.20 Å². The Kier molecular flexibility index (Phi) is 3.93. The first kappa shape index (κ1) is 16.3. The summed E-state index contributed by atoms with van der Waals surface area (Å²) in [7, 11) is 0. The van der Waals surface area contributed by atoms with Crippen molar-refractivity contribution < 1.29 is 24.9 Å². The number of nitrogen functional groups attached to an aromatic ring is 1. The van der Waals surface area contributed by atoms with Crippen molar-refractivity contribution >= 4 is 22.8 Å². The lowest BCUT2D eigenvalue weighted by Gasteiger charge is -2.21. The van der Waals surface area contributed by atoms with E-state index in [1.165, 1.54) is 4.57 Å². The summed E-state index contributed by atoms with van der Waals surface area (Å²) in [4.78, 5) is 31.6. The van der Waals surface area contributed by atoms with Gasteiger partial charge in [-0.25, -0.2) is 9.97 Å². The molecular weight excluding hydrogens is 322 g/mol. The van der Waals surface area contributed by atoms with E-state index in [0.29, 0.717) is 0 Å². The second-order valence-corrected chi connectivity index (χ2v) is 5.33. The minimum absolute atomic E-state index is 0.00709. The molecule has 0 aliphatic carbocycles. The van der Waals surface area contributed by atoms with E-state index in [2.05, 4.69) is 9.97 Å². The molecule has 0 spiro atoms. The zero-order valence-electron chi connectivity index (χ0n) is 12.2. The van der Waals surface area contributed by atoms with Crippen LogP contribution in [0, 0.1) is 0 Å². The summed E-state index contributed by atoms with van der Waals surface area (Å²) in [6, 6.07) is 0. The highest BCUT2D eigenvalue weighted by Gasteiger charge is 2.44. The highest BCUT2D eigenvalue weighted by Crippen LogP contribution is 2.31. The fraction of sp³-hybridized carbons (Fsp3) is 0.385. The average molecular weight is 337 g/mol. The van der Waals surface area contributed by atoms with E-state index in [0.717, 1.165) is 12.5 Å². The molecule has 1 fully saturated rings. The Morgan fingerprint density at radius 1 is 1.33 bits per heavy atom. The number of primary amides is 1. The van der Waals surface area contributed by atoms with Crippen LogP contribution in [0.2, 0.25) is 0 Å². The van der Waals surface area contributed by atoms with Crippen molar-refractivity contribution in [3.63, 3.8) is 0 Å². The number of hydrogen-bond donors (Lipinski definition) is 5. The van der Waals surface area contributed by atoms with Crippen molar-refractivity contribution in [3.05, 3.63) is 28.3 Å². The molecule has 11 nitrogen and oxygen atoms in total. The molecule has 1 aliphatic heterocycles. The number of fused-ring (bicyclic) bond motifs is 1. The molecule has 0 bridgehead atoms. The van der Waals surface area contributed by atoms with Crippen LogP contribution < -0.4 is 16.9 Å². The maximum absolute atomic E-state index is 12.4. The number of pyridine rings is 1. The highest BCUT2D eigenvalue weighted by atomic mass is 16.6. The number of hydrogen-bond acceptors (Lipinski definition) is 9. The lowest BCUT2D eigenvalue weighted by molar-refractivity contribution is -0.0511. The van der Waals surface area contributed by atoms with Crippen LogP contribution >= 0.6 is 0 Å². The van der Waals surface area contributed by atoms with E-state index in [9.17, 15) is 24.9 Å². The molecule has 2 aromatic rings. The largest absolute Gasteiger partial charge is 0.394 e. The Balaban J connectivity index is 2.29. The highest BCUT2D eigenvalue weighted by molar-refractivity contribution is 5.97. The Bertz CT molecular complexity index is 868. The Hall–Kier alpha value is -2.60. The number of amides is 1. The van der Waals surface area contributed by atoms with E-state index in [-0.39, 0.29) is 16.9 Å². The summed E-state index contributed by atoms with van der Waals surface area (Å²) in [5.41, 5.74) is 9.75. The number of nitrogens with zero attached hydrogens (tertiary/aromatic N) is 3. The topological polar surface area (TPSA) is 187 Å². The first-order valence-corrected chi connectivity index (χ1v) is 6.94. The molecular formula is C13H15N5O6. The first-order chi connectivity index (χ1) is 11.4. The molecule has 7 N–H and O–H groups in total. The minimum atomic E-state index is -1.44. The number of carbonyl (C=O) groups is 1. The van der Waals surface area contributed by atoms with Gasteiger partial charge in [0.1, 0.15) is 41.4 Å². The Morgan fingerprint density at radius 3 is 2.62 bits per heavy atom. The maximum atomic E-state index is 12.4. The fourth-order valence-electron chi connectivity index (χ4n) is 2.68. The monoisotopic (exact) mass is 337 g/mol. The van der Waals surface area contributed by atoms with Gasteiger partial charge in [0.05, 0.1) is 6.61 Å². The van der Waals surface area contributed by atoms with Gasteiger partial charge in [0.2, 0.25) is 5.43 Å². The summed E-state index contributed by atoms with van der Waals surface area (Å²) < 4.78 is 6.57. The zero-order chi connectivity index (χ0) is 17.6. The molecule has 24 heavy (non-hydrogen) atoms. The molecule has 0 unspecified atom stereocenters. The quantitative estimate of drug-likeness (QED) is 0.391. The molecule has 11 heteroatoms. The first-order valence-electron chi connectivity index (χ1n) is 6.94. The molecule has 0 radical (unpaired) electrons. The molecule has 2 aromatic heterocycles. The van der Waals surface area contributed by atoms with Crippen LogP contribution in [-0.4, -0.2) is 60.7 Å². The molecule has 128 valence electrons. The molecule has 1 aliphatic rings. The van der Waals surface area contributed by atoms with Crippen LogP contribution in [0.4, 0.5) is 5.82 Å². The van der Waals surface area contributed by atoms with Crippen LogP contribution in [0.5, 0.6) is 0 Å². The third kappa shape index (κ3) is 2.30. The zero-order valence-corrected chi connectivity index (χ0v) is 12.2. The molecule has 4 atom stereocenters. The SMILES string of the molecule is NC(=O)c1cn([C@@H]2O[C@H](CO)[C@H](O)[C@H]2O)c2ncnc(N)c2c1=O. The van der Waals surface area contributed by atoms with Crippen molar-refractivity contribution in [1.29, 1.82) is 0 Å². The van der Waals surface area contributed by atoms with E-state index in [4.69, 9.17) is 16.2 Å². The van der Waals surface area contributed by atoms with Gasteiger partial charge in [0.25, 0.3) is 5.91 Å². The van der Waals surface area contributed by atoms with Crippen LogP contribution in [0.25, 0.3) is 11.0 Å². The number of carbonyl (C=O) groups excluding carboxylic acids is 1. The summed E-state index contributed by atoms with van der Waals surface area (Å²) in [5.74, 6) is -1.18. The van der Waals surface area contributed by atoms with E-state index in [1.54, 1.807) is 0 Å². The number of aliphatic hydroxyl groups is 3. The summed E-state index contributed by atoms with van der Waals surface area (Å²) in [6.45, 7) is -0.535. The number of aliphatic hydroxyl groups excluding tert-OH is 3. The smallest absolute Gasteiger partial charge is 0.254 e. The second-order valence-electron chi connectivity index (χ2n) is 5.33. The number of rotatable bonds is 3. The third-order valence-corrected chi connectivity index (χ3v) is 3.90. The van der Waals surface area contributed by atoms with Gasteiger partial charge in [-0.15, -0.1) is 0 Å².